The molecular weight excluding hydrogens is 580 g/mol. The Morgan fingerprint density at radius 1 is 0.978 bits per heavy atom. The van der Waals surface area contributed by atoms with Gasteiger partial charge in [0.05, 0.1) is 11.8 Å². The van der Waals surface area contributed by atoms with Crippen LogP contribution in [0.4, 0.5) is 0 Å². The monoisotopic (exact) mass is 614 g/mol. The Morgan fingerprint density at radius 3 is 2.24 bits per heavy atom. The van der Waals surface area contributed by atoms with Crippen LogP contribution in [0.25, 0.3) is 17.0 Å². The molecule has 3 aromatic carbocycles. The zero-order valence-corrected chi connectivity index (χ0v) is 26.0. The van der Waals surface area contributed by atoms with E-state index in [9.17, 15) is 14.4 Å². The maximum atomic E-state index is 14.1. The number of para-hydroxylation sites is 1. The van der Waals surface area contributed by atoms with Crippen LogP contribution >= 0.6 is 11.8 Å². The highest BCUT2D eigenvalue weighted by Gasteiger charge is 2.35. The summed E-state index contributed by atoms with van der Waals surface area (Å²) in [7, 11) is 0. The van der Waals surface area contributed by atoms with Crippen molar-refractivity contribution in [2.75, 3.05) is 5.75 Å². The SMILES string of the molecule is C=C/C=C\C(=C/C)N1C(=O)/C(=C/c2cn(CC)c3ccccc23)C(=O)N=C1SCC(=O)NC(c1ccccc1)c1ccccc1. The van der Waals surface area contributed by atoms with Crippen LogP contribution in [0.5, 0.6) is 0 Å². The normalized spacial score (nSPS) is 14.9. The third kappa shape index (κ3) is 6.97. The number of aliphatic imine (C=N–C) groups is 1. The van der Waals surface area contributed by atoms with Crippen LogP contribution in [0.2, 0.25) is 0 Å². The number of carbonyl (C=O) groups is 3. The number of nitrogens with one attached hydrogen (secondary N) is 1. The minimum Gasteiger partial charge on any atom is -0.347 e. The number of aromatic nitrogens is 1. The fourth-order valence-electron chi connectivity index (χ4n) is 5.20. The summed E-state index contributed by atoms with van der Waals surface area (Å²) in [5, 5.41) is 4.18. The number of benzene rings is 3. The van der Waals surface area contributed by atoms with E-state index in [0.29, 0.717) is 5.70 Å². The van der Waals surface area contributed by atoms with Crippen LogP contribution in [0, 0.1) is 0 Å². The Hall–Kier alpha value is -5.21. The summed E-state index contributed by atoms with van der Waals surface area (Å²) in [6.45, 7) is 8.31. The average molecular weight is 615 g/mol. The van der Waals surface area contributed by atoms with E-state index in [-0.39, 0.29) is 28.4 Å². The average Bonchev–Trinajstić information content (AvgIpc) is 3.44. The Kier molecular flexibility index (Phi) is 10.1. The Bertz CT molecular complexity index is 1810. The first-order chi connectivity index (χ1) is 21.9. The number of hydrogen-bond acceptors (Lipinski definition) is 4. The minimum absolute atomic E-state index is 0.0534. The molecule has 5 rings (SSSR count). The van der Waals surface area contributed by atoms with E-state index in [1.165, 1.54) is 4.90 Å². The Morgan fingerprint density at radius 2 is 1.62 bits per heavy atom. The lowest BCUT2D eigenvalue weighted by atomic mass is 9.99. The number of aryl methyl sites for hydroxylation is 1. The molecule has 0 saturated carbocycles. The lowest BCUT2D eigenvalue weighted by Crippen LogP contribution is -2.42. The number of amidine groups is 1. The number of amides is 3. The second kappa shape index (κ2) is 14.5. The molecule has 0 bridgehead atoms. The first kappa shape index (κ1) is 31.2. The van der Waals surface area contributed by atoms with Crippen molar-refractivity contribution in [3.05, 3.63) is 150 Å². The summed E-state index contributed by atoms with van der Waals surface area (Å²) in [6, 6.07) is 26.9. The highest BCUT2D eigenvalue weighted by Crippen LogP contribution is 2.29. The van der Waals surface area contributed by atoms with Gasteiger partial charge in [-0.1, -0.05) is 115 Å². The van der Waals surface area contributed by atoms with E-state index in [1.807, 2.05) is 98.0 Å². The fraction of sp³-hybridized carbons (Fsp3) is 0.135. The van der Waals surface area contributed by atoms with Crippen molar-refractivity contribution in [2.24, 2.45) is 4.99 Å². The molecule has 1 aliphatic heterocycles. The lowest BCUT2D eigenvalue weighted by Gasteiger charge is -2.28. The van der Waals surface area contributed by atoms with Gasteiger partial charge in [0.15, 0.2) is 5.17 Å². The first-order valence-electron chi connectivity index (χ1n) is 14.7. The molecule has 2 heterocycles. The summed E-state index contributed by atoms with van der Waals surface area (Å²) >= 11 is 1.04. The third-order valence-electron chi connectivity index (χ3n) is 7.37. The maximum absolute atomic E-state index is 14.1. The van der Waals surface area contributed by atoms with Crippen molar-refractivity contribution in [1.29, 1.82) is 0 Å². The van der Waals surface area contributed by atoms with E-state index in [0.717, 1.165) is 45.9 Å². The van der Waals surface area contributed by atoms with Crippen molar-refractivity contribution < 1.29 is 14.4 Å². The van der Waals surface area contributed by atoms with E-state index >= 15 is 0 Å². The molecule has 3 amide bonds. The number of allylic oxidation sites excluding steroid dienone is 4. The number of thioether (sulfide) groups is 1. The van der Waals surface area contributed by atoms with Gasteiger partial charge in [-0.3, -0.25) is 19.3 Å². The molecular formula is C37H34N4O3S. The van der Waals surface area contributed by atoms with Crippen molar-refractivity contribution in [3.63, 3.8) is 0 Å². The van der Waals surface area contributed by atoms with Gasteiger partial charge in [-0.15, -0.1) is 0 Å². The van der Waals surface area contributed by atoms with Crippen molar-refractivity contribution in [2.45, 2.75) is 26.4 Å². The molecule has 8 heteroatoms. The molecule has 0 spiro atoms. The van der Waals surface area contributed by atoms with Gasteiger partial charge >= 0.3 is 0 Å². The number of carbonyl (C=O) groups excluding carboxylic acids is 3. The van der Waals surface area contributed by atoms with E-state index in [2.05, 4.69) is 21.5 Å². The minimum atomic E-state index is -0.651. The van der Waals surface area contributed by atoms with Gasteiger partial charge in [0.25, 0.3) is 11.8 Å². The molecule has 1 aliphatic rings. The standard InChI is InChI=1S/C37H34N4O3S/c1-4-7-20-29(5-2)41-36(44)31(23-28-24-40(6-3)32-22-15-14-21-30(28)32)35(43)39-37(41)45-25-33(42)38-34(26-16-10-8-11-17-26)27-18-12-9-13-19-27/h4-5,7-24,34H,1,6,25H2,2-3H3,(H,38,42)/b20-7-,29-5+,31-23+. The van der Waals surface area contributed by atoms with Crippen molar-refractivity contribution >= 4 is 51.6 Å². The molecule has 226 valence electrons. The zero-order valence-electron chi connectivity index (χ0n) is 25.2. The van der Waals surface area contributed by atoms with Gasteiger partial charge < -0.3 is 9.88 Å². The quantitative estimate of drug-likeness (QED) is 0.118. The molecule has 0 saturated heterocycles. The first-order valence-corrected chi connectivity index (χ1v) is 15.7. The maximum Gasteiger partial charge on any atom is 0.285 e. The summed E-state index contributed by atoms with van der Waals surface area (Å²) < 4.78 is 2.07. The predicted octanol–water partition coefficient (Wildman–Crippen LogP) is 7.05. The summed E-state index contributed by atoms with van der Waals surface area (Å²) in [5.41, 5.74) is 4.10. The highest BCUT2D eigenvalue weighted by molar-refractivity contribution is 8.14. The fourth-order valence-corrected chi connectivity index (χ4v) is 6.01. The van der Waals surface area contributed by atoms with Gasteiger partial charge in [0, 0.05) is 34.9 Å². The summed E-state index contributed by atoms with van der Waals surface area (Å²) in [6.07, 6.45) is 10.3. The molecule has 0 fully saturated rings. The molecule has 4 aromatic rings. The van der Waals surface area contributed by atoms with Gasteiger partial charge in [0.1, 0.15) is 5.57 Å². The molecule has 7 nitrogen and oxygen atoms in total. The lowest BCUT2D eigenvalue weighted by molar-refractivity contribution is -0.126. The van der Waals surface area contributed by atoms with Crippen LogP contribution in [0.3, 0.4) is 0 Å². The number of rotatable bonds is 10. The van der Waals surface area contributed by atoms with Crippen molar-refractivity contribution in [1.82, 2.24) is 14.8 Å². The van der Waals surface area contributed by atoms with Gasteiger partial charge in [0.2, 0.25) is 5.91 Å². The van der Waals surface area contributed by atoms with Crippen LogP contribution in [0.1, 0.15) is 36.6 Å². The number of hydrogen-bond donors (Lipinski definition) is 1. The largest absolute Gasteiger partial charge is 0.347 e. The molecule has 0 aliphatic carbocycles. The van der Waals surface area contributed by atoms with E-state index in [4.69, 9.17) is 0 Å². The number of fused-ring (bicyclic) bond motifs is 1. The molecule has 0 unspecified atom stereocenters. The van der Waals surface area contributed by atoms with E-state index < -0.39 is 11.8 Å². The van der Waals surface area contributed by atoms with Crippen LogP contribution in [0.15, 0.2) is 138 Å². The van der Waals surface area contributed by atoms with E-state index in [1.54, 1.807) is 37.3 Å². The second-order valence-electron chi connectivity index (χ2n) is 10.2. The van der Waals surface area contributed by atoms with Crippen LogP contribution in [-0.4, -0.2) is 38.1 Å². The number of nitrogens with zero attached hydrogens (tertiary/aromatic N) is 3. The summed E-state index contributed by atoms with van der Waals surface area (Å²) in [4.78, 5) is 46.5. The zero-order chi connectivity index (χ0) is 31.8. The molecule has 0 atom stereocenters. The van der Waals surface area contributed by atoms with Crippen molar-refractivity contribution in [3.8, 4) is 0 Å². The predicted molar refractivity (Wildman–Crippen MR) is 183 cm³/mol. The van der Waals surface area contributed by atoms with Gasteiger partial charge in [-0.05, 0) is 43.2 Å². The highest BCUT2D eigenvalue weighted by atomic mass is 32.2. The smallest absolute Gasteiger partial charge is 0.285 e. The van der Waals surface area contributed by atoms with Gasteiger partial charge in [-0.2, -0.15) is 4.99 Å². The molecule has 45 heavy (non-hydrogen) atoms. The molecule has 0 radical (unpaired) electrons. The van der Waals surface area contributed by atoms with Crippen LogP contribution in [-0.2, 0) is 20.9 Å². The second-order valence-corrected chi connectivity index (χ2v) is 11.1. The molecule has 1 N–H and O–H groups in total. The Balaban J connectivity index is 1.45. The summed E-state index contributed by atoms with van der Waals surface area (Å²) in [5.74, 6) is -1.49. The van der Waals surface area contributed by atoms with Gasteiger partial charge in [-0.25, -0.2) is 0 Å². The topological polar surface area (TPSA) is 83.8 Å². The Labute approximate surface area is 267 Å². The molecule has 1 aromatic heterocycles. The third-order valence-corrected chi connectivity index (χ3v) is 8.31. The van der Waals surface area contributed by atoms with Crippen LogP contribution < -0.4 is 5.32 Å².